The topological polar surface area (TPSA) is 67.6 Å². The number of carbonyl (C=O) groups excluding carboxylic acids is 1. The minimum Gasteiger partial charge on any atom is -0.377 e. The number of rotatable bonds is 2. The van der Waals surface area contributed by atoms with Crippen molar-refractivity contribution in [3.8, 4) is 0 Å². The van der Waals surface area contributed by atoms with E-state index in [0.717, 1.165) is 47.3 Å². The lowest BCUT2D eigenvalue weighted by Gasteiger charge is -2.41. The Kier molecular flexibility index (Phi) is 3.71. The molecule has 2 aliphatic rings. The van der Waals surface area contributed by atoms with E-state index in [0.29, 0.717) is 0 Å². The second-order valence-electron chi connectivity index (χ2n) is 6.04. The molecule has 2 unspecified atom stereocenters. The largest absolute Gasteiger partial charge is 0.377 e. The van der Waals surface area contributed by atoms with Gasteiger partial charge in [0.1, 0.15) is 6.04 Å². The van der Waals surface area contributed by atoms with Crippen LogP contribution in [0.5, 0.6) is 0 Å². The molecule has 114 valence electrons. The van der Waals surface area contributed by atoms with Crippen LogP contribution >= 0.6 is 15.9 Å². The maximum atomic E-state index is 11.7. The summed E-state index contributed by atoms with van der Waals surface area (Å²) in [5, 5.41) is 2.85. The van der Waals surface area contributed by atoms with Crippen molar-refractivity contribution in [3.05, 3.63) is 22.2 Å². The van der Waals surface area contributed by atoms with Crippen LogP contribution < -0.4 is 16.0 Å². The molecule has 0 radical (unpaired) electrons. The van der Waals surface area contributed by atoms with Gasteiger partial charge < -0.3 is 20.7 Å². The molecule has 1 aromatic rings. The number of benzene rings is 1. The Balaban J connectivity index is 1.93. The molecule has 2 atom stereocenters. The molecule has 6 heteroatoms. The van der Waals surface area contributed by atoms with Gasteiger partial charge in [0, 0.05) is 35.9 Å². The Morgan fingerprint density at radius 3 is 3.00 bits per heavy atom. The normalized spacial score (nSPS) is 28.5. The van der Waals surface area contributed by atoms with Gasteiger partial charge in [-0.15, -0.1) is 0 Å². The number of anilines is 2. The lowest BCUT2D eigenvalue weighted by Crippen LogP contribution is -2.47. The van der Waals surface area contributed by atoms with Crippen LogP contribution in [0.2, 0.25) is 0 Å². The Morgan fingerprint density at radius 1 is 1.52 bits per heavy atom. The highest BCUT2D eigenvalue weighted by Crippen LogP contribution is 2.40. The zero-order chi connectivity index (χ0) is 15.2. The number of nitrogens with one attached hydrogen (secondary N) is 1. The third-order valence-corrected chi connectivity index (χ3v) is 5.12. The molecule has 0 aliphatic carbocycles. The fraction of sp³-hybridized carbons (Fsp3) is 0.533. The second-order valence-corrected chi connectivity index (χ2v) is 6.89. The van der Waals surface area contributed by atoms with E-state index in [4.69, 9.17) is 10.5 Å². The van der Waals surface area contributed by atoms with Gasteiger partial charge in [-0.2, -0.15) is 0 Å². The molecule has 3 rings (SSSR count). The van der Waals surface area contributed by atoms with E-state index in [-0.39, 0.29) is 11.5 Å². The monoisotopic (exact) mass is 353 g/mol. The SMILES string of the molecule is COC1(C)CCCN(c2cc3c(cc2Br)C(N)C(=O)N3)C1. The van der Waals surface area contributed by atoms with Crippen LogP contribution in [0.25, 0.3) is 0 Å². The molecule has 1 amide bonds. The van der Waals surface area contributed by atoms with E-state index in [1.807, 2.05) is 12.1 Å². The average Bonchev–Trinajstić information content (AvgIpc) is 2.73. The van der Waals surface area contributed by atoms with E-state index < -0.39 is 6.04 Å². The van der Waals surface area contributed by atoms with Crippen molar-refractivity contribution in [1.29, 1.82) is 0 Å². The van der Waals surface area contributed by atoms with Crippen molar-refractivity contribution in [2.75, 3.05) is 30.4 Å². The molecule has 2 aliphatic heterocycles. The zero-order valence-corrected chi connectivity index (χ0v) is 13.9. The van der Waals surface area contributed by atoms with Crippen LogP contribution in [0.15, 0.2) is 16.6 Å². The summed E-state index contributed by atoms with van der Waals surface area (Å²) in [4.78, 5) is 14.0. The first-order chi connectivity index (χ1) is 9.93. The van der Waals surface area contributed by atoms with Crippen LogP contribution in [-0.2, 0) is 9.53 Å². The van der Waals surface area contributed by atoms with Crippen molar-refractivity contribution in [2.24, 2.45) is 5.73 Å². The second kappa shape index (κ2) is 5.26. The fourth-order valence-electron chi connectivity index (χ4n) is 3.11. The van der Waals surface area contributed by atoms with Crippen LogP contribution in [0.1, 0.15) is 31.4 Å². The van der Waals surface area contributed by atoms with Crippen LogP contribution in [-0.4, -0.2) is 31.7 Å². The minimum atomic E-state index is -0.573. The van der Waals surface area contributed by atoms with Crippen molar-refractivity contribution in [2.45, 2.75) is 31.4 Å². The van der Waals surface area contributed by atoms with Gasteiger partial charge in [0.2, 0.25) is 5.91 Å². The Hall–Kier alpha value is -1.11. The van der Waals surface area contributed by atoms with E-state index in [1.54, 1.807) is 7.11 Å². The Morgan fingerprint density at radius 2 is 2.29 bits per heavy atom. The molecule has 0 aromatic heterocycles. The standard InChI is InChI=1S/C15H20BrN3O2/c1-15(21-2)4-3-5-19(8-15)12-7-11-9(6-10(12)16)13(17)14(20)18-11/h6-7,13H,3-5,8,17H2,1-2H3,(H,18,20). The molecule has 0 bridgehead atoms. The summed E-state index contributed by atoms with van der Waals surface area (Å²) in [6.45, 7) is 3.95. The van der Waals surface area contributed by atoms with Gasteiger partial charge in [-0.1, -0.05) is 0 Å². The quantitative estimate of drug-likeness (QED) is 0.856. The molecule has 5 nitrogen and oxygen atoms in total. The molecule has 1 saturated heterocycles. The molecular weight excluding hydrogens is 334 g/mol. The minimum absolute atomic E-state index is 0.129. The predicted octanol–water partition coefficient (Wildman–Crippen LogP) is 2.41. The van der Waals surface area contributed by atoms with E-state index in [1.165, 1.54) is 0 Å². The maximum absolute atomic E-state index is 11.7. The fourth-order valence-corrected chi connectivity index (χ4v) is 3.73. The first-order valence-electron chi connectivity index (χ1n) is 7.13. The van der Waals surface area contributed by atoms with Crippen molar-refractivity contribution >= 4 is 33.2 Å². The number of nitrogens with two attached hydrogens (primary N) is 1. The highest BCUT2D eigenvalue weighted by atomic mass is 79.9. The summed E-state index contributed by atoms with van der Waals surface area (Å²) >= 11 is 3.62. The number of carbonyl (C=O) groups is 1. The number of methoxy groups -OCH3 is 1. The average molecular weight is 354 g/mol. The van der Waals surface area contributed by atoms with E-state index >= 15 is 0 Å². The molecule has 1 aromatic carbocycles. The van der Waals surface area contributed by atoms with Crippen LogP contribution in [0, 0.1) is 0 Å². The van der Waals surface area contributed by atoms with E-state index in [9.17, 15) is 4.79 Å². The number of fused-ring (bicyclic) bond motifs is 1. The Labute approximate surface area is 132 Å². The first-order valence-corrected chi connectivity index (χ1v) is 7.93. The summed E-state index contributed by atoms with van der Waals surface area (Å²) < 4.78 is 6.62. The highest BCUT2D eigenvalue weighted by molar-refractivity contribution is 9.10. The summed E-state index contributed by atoms with van der Waals surface area (Å²) in [7, 11) is 1.76. The van der Waals surface area contributed by atoms with Gasteiger partial charge in [0.25, 0.3) is 0 Å². The smallest absolute Gasteiger partial charge is 0.245 e. The van der Waals surface area contributed by atoms with Gasteiger partial charge in [0.05, 0.1) is 11.3 Å². The molecule has 0 saturated carbocycles. The lowest BCUT2D eigenvalue weighted by molar-refractivity contribution is -0.116. The van der Waals surface area contributed by atoms with Crippen molar-refractivity contribution < 1.29 is 9.53 Å². The summed E-state index contributed by atoms with van der Waals surface area (Å²) in [5.74, 6) is -0.144. The van der Waals surface area contributed by atoms with Crippen molar-refractivity contribution in [3.63, 3.8) is 0 Å². The number of halogens is 1. The molecule has 2 heterocycles. The van der Waals surface area contributed by atoms with Gasteiger partial charge >= 0.3 is 0 Å². The third kappa shape index (κ3) is 2.56. The van der Waals surface area contributed by atoms with Gasteiger partial charge in [0.15, 0.2) is 0 Å². The number of ether oxygens (including phenoxy) is 1. The third-order valence-electron chi connectivity index (χ3n) is 4.49. The number of nitrogens with zero attached hydrogens (tertiary/aromatic N) is 1. The predicted molar refractivity (Wildman–Crippen MR) is 86.6 cm³/mol. The number of amides is 1. The van der Waals surface area contributed by atoms with Gasteiger partial charge in [-0.25, -0.2) is 0 Å². The number of piperidine rings is 1. The first kappa shape index (κ1) is 14.8. The lowest BCUT2D eigenvalue weighted by atomic mass is 9.94. The molecular formula is C15H20BrN3O2. The molecule has 3 N–H and O–H groups in total. The zero-order valence-electron chi connectivity index (χ0n) is 12.3. The van der Waals surface area contributed by atoms with Crippen molar-refractivity contribution in [1.82, 2.24) is 0 Å². The summed E-state index contributed by atoms with van der Waals surface area (Å²) in [6.07, 6.45) is 2.14. The molecule has 0 spiro atoms. The number of hydrogen-bond donors (Lipinski definition) is 2. The van der Waals surface area contributed by atoms with Crippen LogP contribution in [0.3, 0.4) is 0 Å². The van der Waals surface area contributed by atoms with Gasteiger partial charge in [-0.3, -0.25) is 4.79 Å². The highest BCUT2D eigenvalue weighted by Gasteiger charge is 2.33. The molecule has 21 heavy (non-hydrogen) atoms. The number of hydrogen-bond acceptors (Lipinski definition) is 4. The summed E-state index contributed by atoms with van der Waals surface area (Å²) in [5.41, 5.74) is 8.50. The van der Waals surface area contributed by atoms with E-state index in [2.05, 4.69) is 33.1 Å². The van der Waals surface area contributed by atoms with Gasteiger partial charge in [-0.05, 0) is 47.8 Å². The summed E-state index contributed by atoms with van der Waals surface area (Å²) in [6, 6.07) is 3.38. The molecule has 1 fully saturated rings. The Bertz CT molecular complexity index is 593. The van der Waals surface area contributed by atoms with Crippen LogP contribution in [0.4, 0.5) is 11.4 Å². The maximum Gasteiger partial charge on any atom is 0.245 e.